The topological polar surface area (TPSA) is 36.0 Å². The molecule has 1 fully saturated rings. The van der Waals surface area contributed by atoms with Gasteiger partial charge in [-0.1, -0.05) is 11.6 Å². The third-order valence-electron chi connectivity index (χ3n) is 5.52. The van der Waals surface area contributed by atoms with E-state index in [1.54, 1.807) is 25.1 Å². The van der Waals surface area contributed by atoms with E-state index in [0.29, 0.717) is 23.2 Å². The summed E-state index contributed by atoms with van der Waals surface area (Å²) >= 11 is 6.10. The van der Waals surface area contributed by atoms with E-state index in [9.17, 15) is 4.79 Å². The van der Waals surface area contributed by atoms with Gasteiger partial charge in [0.15, 0.2) is 0 Å². The maximum absolute atomic E-state index is 12.9. The van der Waals surface area contributed by atoms with Gasteiger partial charge in [0, 0.05) is 67.7 Å². The van der Waals surface area contributed by atoms with Gasteiger partial charge in [-0.2, -0.15) is 0 Å². The van der Waals surface area contributed by atoms with Crippen molar-refractivity contribution in [1.82, 2.24) is 9.80 Å². The molecule has 1 aliphatic heterocycles. The number of carbonyl (C=O) groups excluding carboxylic acids is 1. The van der Waals surface area contributed by atoms with Crippen LogP contribution in [0.25, 0.3) is 0 Å². The third kappa shape index (κ3) is 5.22. The fourth-order valence-electron chi connectivity index (χ4n) is 3.73. The molecule has 1 aliphatic rings. The van der Waals surface area contributed by atoms with Gasteiger partial charge in [0.25, 0.3) is 5.91 Å². The minimum Gasteiger partial charge on any atom is -0.496 e. The molecule has 6 heteroatoms. The predicted octanol–water partition coefficient (Wildman–Crippen LogP) is 4.15. The van der Waals surface area contributed by atoms with E-state index in [0.717, 1.165) is 37.5 Å². The van der Waals surface area contributed by atoms with Crippen molar-refractivity contribution >= 4 is 23.2 Å². The van der Waals surface area contributed by atoms with Crippen LogP contribution in [0, 0.1) is 0 Å². The molecular formula is C23H30ClN3O2. The molecular weight excluding hydrogens is 386 g/mol. The van der Waals surface area contributed by atoms with Crippen molar-refractivity contribution in [1.29, 1.82) is 0 Å². The lowest BCUT2D eigenvalue weighted by Gasteiger charge is -2.38. The molecule has 5 nitrogen and oxygen atoms in total. The number of benzene rings is 2. The molecule has 1 heterocycles. The van der Waals surface area contributed by atoms with E-state index in [1.807, 2.05) is 36.4 Å². The highest BCUT2D eigenvalue weighted by Gasteiger charge is 2.20. The van der Waals surface area contributed by atoms with Gasteiger partial charge in [0.1, 0.15) is 5.75 Å². The molecule has 0 N–H and O–H groups in total. The molecule has 0 radical (unpaired) electrons. The van der Waals surface area contributed by atoms with Crippen LogP contribution >= 0.6 is 11.6 Å². The summed E-state index contributed by atoms with van der Waals surface area (Å²) in [5.74, 6) is 0.702. The Morgan fingerprint density at radius 1 is 1.10 bits per heavy atom. The Morgan fingerprint density at radius 2 is 1.76 bits per heavy atom. The lowest BCUT2D eigenvalue weighted by Crippen LogP contribution is -2.48. The Morgan fingerprint density at radius 3 is 2.34 bits per heavy atom. The second-order valence-corrected chi connectivity index (χ2v) is 8.22. The Hall–Kier alpha value is -2.24. The SMILES string of the molecule is COc1ccc(Cl)cc1CN(C)C(=O)c1ccc(N2CCN(C(C)C)CC2)cc1. The Kier molecular flexibility index (Phi) is 7.04. The van der Waals surface area contributed by atoms with Gasteiger partial charge in [0.2, 0.25) is 0 Å². The van der Waals surface area contributed by atoms with Crippen molar-refractivity contribution in [3.63, 3.8) is 0 Å². The zero-order chi connectivity index (χ0) is 21.0. The number of halogens is 1. The van der Waals surface area contributed by atoms with E-state index in [-0.39, 0.29) is 5.91 Å². The summed E-state index contributed by atoms with van der Waals surface area (Å²) in [6.45, 7) is 9.09. The molecule has 0 spiro atoms. The van der Waals surface area contributed by atoms with Gasteiger partial charge < -0.3 is 14.5 Å². The second kappa shape index (κ2) is 9.51. The number of anilines is 1. The number of ether oxygens (including phenoxy) is 1. The van der Waals surface area contributed by atoms with Crippen LogP contribution < -0.4 is 9.64 Å². The van der Waals surface area contributed by atoms with Crippen LogP contribution in [0.4, 0.5) is 5.69 Å². The lowest BCUT2D eigenvalue weighted by atomic mass is 10.1. The zero-order valence-corrected chi connectivity index (χ0v) is 18.4. The lowest BCUT2D eigenvalue weighted by molar-refractivity contribution is 0.0784. The van der Waals surface area contributed by atoms with E-state index in [1.165, 1.54) is 5.69 Å². The van der Waals surface area contributed by atoms with Crippen LogP contribution in [0.2, 0.25) is 5.02 Å². The summed E-state index contributed by atoms with van der Waals surface area (Å²) in [4.78, 5) is 19.4. The molecule has 0 bridgehead atoms. The summed E-state index contributed by atoms with van der Waals surface area (Å²) in [7, 11) is 3.41. The molecule has 0 aromatic heterocycles. The number of nitrogens with zero attached hydrogens (tertiary/aromatic N) is 3. The van der Waals surface area contributed by atoms with E-state index >= 15 is 0 Å². The quantitative estimate of drug-likeness (QED) is 0.710. The van der Waals surface area contributed by atoms with Crippen molar-refractivity contribution in [2.24, 2.45) is 0 Å². The molecule has 29 heavy (non-hydrogen) atoms. The van der Waals surface area contributed by atoms with Crippen LogP contribution in [0.3, 0.4) is 0 Å². The molecule has 0 aliphatic carbocycles. The molecule has 2 aromatic rings. The van der Waals surface area contributed by atoms with Crippen molar-refractivity contribution in [3.05, 3.63) is 58.6 Å². The van der Waals surface area contributed by atoms with Crippen molar-refractivity contribution < 1.29 is 9.53 Å². The summed E-state index contributed by atoms with van der Waals surface area (Å²) in [6.07, 6.45) is 0. The minimum absolute atomic E-state index is 0.0248. The highest BCUT2D eigenvalue weighted by Crippen LogP contribution is 2.25. The summed E-state index contributed by atoms with van der Waals surface area (Å²) < 4.78 is 5.39. The van der Waals surface area contributed by atoms with Crippen molar-refractivity contribution in [2.45, 2.75) is 26.4 Å². The fourth-order valence-corrected chi connectivity index (χ4v) is 3.92. The number of methoxy groups -OCH3 is 1. The van der Waals surface area contributed by atoms with E-state index < -0.39 is 0 Å². The van der Waals surface area contributed by atoms with Crippen molar-refractivity contribution in [3.8, 4) is 5.75 Å². The second-order valence-electron chi connectivity index (χ2n) is 7.78. The number of piperazine rings is 1. The standard InChI is InChI=1S/C23H30ClN3O2/c1-17(2)26-11-13-27(14-12-26)21-8-5-18(6-9-21)23(28)25(3)16-19-15-20(24)7-10-22(19)29-4/h5-10,15,17H,11-14,16H2,1-4H3. The van der Waals surface area contributed by atoms with Gasteiger partial charge in [-0.15, -0.1) is 0 Å². The summed E-state index contributed by atoms with van der Waals surface area (Å²) in [5, 5.41) is 0.628. The average Bonchev–Trinajstić information content (AvgIpc) is 2.73. The molecule has 2 aromatic carbocycles. The van der Waals surface area contributed by atoms with Crippen LogP contribution in [0.1, 0.15) is 29.8 Å². The molecule has 3 rings (SSSR count). The summed E-state index contributed by atoms with van der Waals surface area (Å²) in [5.41, 5.74) is 2.73. The normalized spacial score (nSPS) is 14.9. The van der Waals surface area contributed by atoms with Gasteiger partial charge in [-0.05, 0) is 56.3 Å². The predicted molar refractivity (Wildman–Crippen MR) is 119 cm³/mol. The van der Waals surface area contributed by atoms with Gasteiger partial charge >= 0.3 is 0 Å². The van der Waals surface area contributed by atoms with Gasteiger partial charge in [-0.3, -0.25) is 9.69 Å². The largest absolute Gasteiger partial charge is 0.496 e. The van der Waals surface area contributed by atoms with Crippen LogP contribution in [0.5, 0.6) is 5.75 Å². The maximum Gasteiger partial charge on any atom is 0.253 e. The number of hydrogen-bond acceptors (Lipinski definition) is 4. The molecule has 1 amide bonds. The van der Waals surface area contributed by atoms with E-state index in [2.05, 4.69) is 23.6 Å². The van der Waals surface area contributed by atoms with Crippen LogP contribution in [-0.4, -0.2) is 62.1 Å². The monoisotopic (exact) mass is 415 g/mol. The smallest absolute Gasteiger partial charge is 0.253 e. The molecule has 0 unspecified atom stereocenters. The maximum atomic E-state index is 12.9. The minimum atomic E-state index is -0.0248. The first-order valence-electron chi connectivity index (χ1n) is 10.1. The number of amides is 1. The first-order valence-corrected chi connectivity index (χ1v) is 10.4. The van der Waals surface area contributed by atoms with E-state index in [4.69, 9.17) is 16.3 Å². The number of carbonyl (C=O) groups is 1. The first-order chi connectivity index (χ1) is 13.9. The Bertz CT molecular complexity index is 831. The first kappa shape index (κ1) is 21.5. The van der Waals surface area contributed by atoms with Crippen LogP contribution in [-0.2, 0) is 6.54 Å². The number of hydrogen-bond donors (Lipinski definition) is 0. The van der Waals surface area contributed by atoms with Crippen molar-refractivity contribution in [2.75, 3.05) is 45.2 Å². The molecule has 0 atom stereocenters. The molecule has 0 saturated carbocycles. The molecule has 156 valence electrons. The summed E-state index contributed by atoms with van der Waals surface area (Å²) in [6, 6.07) is 14.0. The Balaban J connectivity index is 1.64. The molecule has 1 saturated heterocycles. The number of rotatable bonds is 6. The third-order valence-corrected chi connectivity index (χ3v) is 5.76. The van der Waals surface area contributed by atoms with Gasteiger partial charge in [0.05, 0.1) is 7.11 Å². The van der Waals surface area contributed by atoms with Gasteiger partial charge in [-0.25, -0.2) is 0 Å². The van der Waals surface area contributed by atoms with Crippen LogP contribution in [0.15, 0.2) is 42.5 Å². The fraction of sp³-hybridized carbons (Fsp3) is 0.435. The highest BCUT2D eigenvalue weighted by atomic mass is 35.5. The zero-order valence-electron chi connectivity index (χ0n) is 17.7. The highest BCUT2D eigenvalue weighted by molar-refractivity contribution is 6.30. The average molecular weight is 416 g/mol. The Labute approximate surface area is 178 Å².